The molecular formula is C8H4F3N5O4. The highest BCUT2D eigenvalue weighted by atomic mass is 19.4. The molecule has 0 saturated carbocycles. The van der Waals surface area contributed by atoms with Gasteiger partial charge in [-0.25, -0.2) is 4.98 Å². The van der Waals surface area contributed by atoms with Gasteiger partial charge in [-0.05, 0) is 0 Å². The Balaban J connectivity index is 2.90. The van der Waals surface area contributed by atoms with E-state index in [4.69, 9.17) is 5.73 Å². The average molecular weight is 291 g/mol. The Morgan fingerprint density at radius 2 is 1.75 bits per heavy atom. The number of rotatable bonds is 2. The van der Waals surface area contributed by atoms with Gasteiger partial charge in [-0.3, -0.25) is 20.2 Å². The Morgan fingerprint density at radius 1 is 1.20 bits per heavy atom. The number of benzene rings is 1. The number of alkyl halides is 3. The summed E-state index contributed by atoms with van der Waals surface area (Å²) in [6, 6.07) is 0.471. The number of nitrogen functional groups attached to an aromatic ring is 1. The second-order valence-corrected chi connectivity index (χ2v) is 3.65. The van der Waals surface area contributed by atoms with Crippen LogP contribution in [0.1, 0.15) is 5.82 Å². The Kier molecular flexibility index (Phi) is 2.73. The van der Waals surface area contributed by atoms with E-state index in [9.17, 15) is 33.4 Å². The number of imidazole rings is 1. The van der Waals surface area contributed by atoms with Crippen LogP contribution >= 0.6 is 0 Å². The maximum atomic E-state index is 12.5. The topological polar surface area (TPSA) is 141 Å². The molecule has 0 aliphatic heterocycles. The standard InChI is InChI=1S/C8H4F3N5O4/c9-8(10,11)7-13-5-3(16(19)20)1-2(15(17)18)4(12)6(5)14-7/h1H,12H2,(H,13,14). The van der Waals surface area contributed by atoms with Crippen molar-refractivity contribution in [3.63, 3.8) is 0 Å². The fraction of sp³-hybridized carbons (Fsp3) is 0.125. The van der Waals surface area contributed by atoms with Crippen molar-refractivity contribution in [2.24, 2.45) is 0 Å². The van der Waals surface area contributed by atoms with E-state index in [1.54, 1.807) is 4.98 Å². The summed E-state index contributed by atoms with van der Waals surface area (Å²) in [4.78, 5) is 24.1. The van der Waals surface area contributed by atoms with Crippen LogP contribution in [-0.4, -0.2) is 19.8 Å². The van der Waals surface area contributed by atoms with Crippen molar-refractivity contribution in [3.8, 4) is 0 Å². The molecule has 0 spiro atoms. The number of hydrogen-bond donors (Lipinski definition) is 2. The van der Waals surface area contributed by atoms with Gasteiger partial charge in [0.05, 0.1) is 15.9 Å². The van der Waals surface area contributed by atoms with Gasteiger partial charge in [0, 0.05) is 0 Å². The number of nitrogens with one attached hydrogen (secondary N) is 1. The predicted octanol–water partition coefficient (Wildman–Crippen LogP) is 1.98. The van der Waals surface area contributed by atoms with E-state index in [1.165, 1.54) is 0 Å². The van der Waals surface area contributed by atoms with Gasteiger partial charge >= 0.3 is 17.6 Å². The summed E-state index contributed by atoms with van der Waals surface area (Å²) in [5.74, 6) is -1.53. The number of H-pyrrole nitrogens is 1. The van der Waals surface area contributed by atoms with Crippen molar-refractivity contribution < 1.29 is 23.0 Å². The molecule has 0 bridgehead atoms. The van der Waals surface area contributed by atoms with Crippen molar-refractivity contribution in [1.29, 1.82) is 0 Å². The van der Waals surface area contributed by atoms with Gasteiger partial charge in [0.2, 0.25) is 5.82 Å². The fourth-order valence-corrected chi connectivity index (χ4v) is 1.58. The summed E-state index contributed by atoms with van der Waals surface area (Å²) in [5, 5.41) is 21.5. The molecule has 0 saturated heterocycles. The molecular weight excluding hydrogens is 287 g/mol. The van der Waals surface area contributed by atoms with Crippen LogP contribution in [-0.2, 0) is 6.18 Å². The zero-order valence-corrected chi connectivity index (χ0v) is 9.26. The van der Waals surface area contributed by atoms with E-state index >= 15 is 0 Å². The van der Waals surface area contributed by atoms with Crippen LogP contribution in [0.3, 0.4) is 0 Å². The lowest BCUT2D eigenvalue weighted by Crippen LogP contribution is -2.07. The molecule has 106 valence electrons. The molecule has 0 aliphatic carbocycles. The molecule has 12 heteroatoms. The highest BCUT2D eigenvalue weighted by Gasteiger charge is 2.37. The number of fused-ring (bicyclic) bond motifs is 1. The van der Waals surface area contributed by atoms with Crippen molar-refractivity contribution in [2.45, 2.75) is 6.18 Å². The Labute approximate surface area is 106 Å². The van der Waals surface area contributed by atoms with Crippen LogP contribution in [0.25, 0.3) is 11.0 Å². The lowest BCUT2D eigenvalue weighted by molar-refractivity contribution is -0.392. The largest absolute Gasteiger partial charge is 0.449 e. The third kappa shape index (κ3) is 1.96. The first-order chi connectivity index (χ1) is 9.12. The Hall–Kier alpha value is -2.92. The van der Waals surface area contributed by atoms with E-state index in [0.29, 0.717) is 6.07 Å². The zero-order valence-electron chi connectivity index (χ0n) is 9.26. The Morgan fingerprint density at radius 3 is 2.20 bits per heavy atom. The molecule has 0 atom stereocenters. The van der Waals surface area contributed by atoms with Crippen LogP contribution in [0.5, 0.6) is 0 Å². The van der Waals surface area contributed by atoms with Crippen LogP contribution in [0, 0.1) is 20.2 Å². The quantitative estimate of drug-likeness (QED) is 0.492. The summed E-state index contributed by atoms with van der Waals surface area (Å²) < 4.78 is 37.5. The number of nitro groups is 2. The maximum absolute atomic E-state index is 12.5. The van der Waals surface area contributed by atoms with Crippen LogP contribution in [0.15, 0.2) is 6.07 Å². The number of aromatic nitrogens is 2. The van der Waals surface area contributed by atoms with E-state index in [-0.39, 0.29) is 0 Å². The lowest BCUT2D eigenvalue weighted by atomic mass is 10.2. The van der Waals surface area contributed by atoms with Crippen molar-refractivity contribution in [2.75, 3.05) is 5.73 Å². The highest BCUT2D eigenvalue weighted by Crippen LogP contribution is 2.38. The van der Waals surface area contributed by atoms with Gasteiger partial charge in [0.25, 0.3) is 0 Å². The number of aromatic amines is 1. The first kappa shape index (κ1) is 13.5. The molecule has 0 radical (unpaired) electrons. The summed E-state index contributed by atoms with van der Waals surface area (Å²) in [5.41, 5.74) is 1.59. The average Bonchev–Trinajstić information content (AvgIpc) is 2.73. The van der Waals surface area contributed by atoms with Crippen molar-refractivity contribution >= 4 is 28.1 Å². The molecule has 2 rings (SSSR count). The third-order valence-electron chi connectivity index (χ3n) is 2.43. The summed E-state index contributed by atoms with van der Waals surface area (Å²) in [7, 11) is 0. The molecule has 3 N–H and O–H groups in total. The molecule has 0 amide bonds. The molecule has 1 aromatic heterocycles. The van der Waals surface area contributed by atoms with E-state index < -0.39 is 49.9 Å². The number of hydrogen-bond acceptors (Lipinski definition) is 6. The van der Waals surface area contributed by atoms with Gasteiger partial charge in [0.1, 0.15) is 11.2 Å². The molecule has 1 heterocycles. The number of anilines is 1. The van der Waals surface area contributed by atoms with Crippen LogP contribution in [0.4, 0.5) is 30.2 Å². The second kappa shape index (κ2) is 4.04. The maximum Gasteiger partial charge on any atom is 0.449 e. The summed E-state index contributed by atoms with van der Waals surface area (Å²) in [6.07, 6.45) is -4.89. The van der Waals surface area contributed by atoms with Gasteiger partial charge in [-0.2, -0.15) is 13.2 Å². The molecule has 1 aromatic carbocycles. The fourth-order valence-electron chi connectivity index (χ4n) is 1.58. The molecule has 0 fully saturated rings. The SMILES string of the molecule is Nc1c([N+](=O)[O-])cc([N+](=O)[O-])c2nc(C(F)(F)F)[nH]c12. The normalized spacial score (nSPS) is 11.8. The van der Waals surface area contributed by atoms with Gasteiger partial charge in [-0.1, -0.05) is 0 Å². The van der Waals surface area contributed by atoms with Crippen molar-refractivity contribution in [3.05, 3.63) is 32.1 Å². The summed E-state index contributed by atoms with van der Waals surface area (Å²) >= 11 is 0. The van der Waals surface area contributed by atoms with Crippen LogP contribution in [0.2, 0.25) is 0 Å². The number of nitrogens with zero attached hydrogens (tertiary/aromatic N) is 3. The predicted molar refractivity (Wildman–Crippen MR) is 58.8 cm³/mol. The number of nitro benzene ring substituents is 2. The number of nitrogens with two attached hydrogens (primary N) is 1. The monoisotopic (exact) mass is 291 g/mol. The minimum Gasteiger partial charge on any atom is -0.391 e. The van der Waals surface area contributed by atoms with Gasteiger partial charge in [0.15, 0.2) is 5.52 Å². The lowest BCUT2D eigenvalue weighted by Gasteiger charge is -1.99. The smallest absolute Gasteiger partial charge is 0.391 e. The second-order valence-electron chi connectivity index (χ2n) is 3.65. The van der Waals surface area contributed by atoms with Crippen LogP contribution < -0.4 is 5.73 Å². The van der Waals surface area contributed by atoms with Gasteiger partial charge in [-0.15, -0.1) is 0 Å². The first-order valence-corrected chi connectivity index (χ1v) is 4.81. The molecule has 0 aliphatic rings. The highest BCUT2D eigenvalue weighted by molar-refractivity contribution is 5.98. The first-order valence-electron chi connectivity index (χ1n) is 4.81. The van der Waals surface area contributed by atoms with E-state index in [2.05, 4.69) is 4.98 Å². The molecule has 20 heavy (non-hydrogen) atoms. The van der Waals surface area contributed by atoms with Gasteiger partial charge < -0.3 is 10.7 Å². The third-order valence-corrected chi connectivity index (χ3v) is 2.43. The van der Waals surface area contributed by atoms with Crippen molar-refractivity contribution in [1.82, 2.24) is 9.97 Å². The molecule has 2 aromatic rings. The minimum absolute atomic E-state index is 0.471. The molecule has 9 nitrogen and oxygen atoms in total. The van der Waals surface area contributed by atoms with E-state index in [0.717, 1.165) is 0 Å². The number of non-ortho nitro benzene ring substituents is 1. The number of halogens is 3. The molecule has 0 unspecified atom stereocenters. The zero-order chi connectivity index (χ0) is 15.2. The van der Waals surface area contributed by atoms with E-state index in [1.807, 2.05) is 0 Å². The Bertz CT molecular complexity index is 738. The summed E-state index contributed by atoms with van der Waals surface area (Å²) in [6.45, 7) is 0. The minimum atomic E-state index is -4.89.